The zero-order valence-electron chi connectivity index (χ0n) is 13.2. The highest BCUT2D eigenvalue weighted by Gasteiger charge is 2.35. The third-order valence-electron chi connectivity index (χ3n) is 3.61. The molecule has 0 spiro atoms. The van der Waals surface area contributed by atoms with Crippen LogP contribution in [0.25, 0.3) is 0 Å². The number of nitrogens with zero attached hydrogens (tertiary/aromatic N) is 3. The average molecular weight is 366 g/mol. The first-order valence-electron chi connectivity index (χ1n) is 7.62. The molecule has 1 amide bonds. The van der Waals surface area contributed by atoms with Crippen molar-refractivity contribution in [3.63, 3.8) is 0 Å². The fraction of sp³-hybridized carbons (Fsp3) is 0.438. The van der Waals surface area contributed by atoms with Crippen molar-refractivity contribution >= 4 is 45.9 Å². The lowest BCUT2D eigenvalue weighted by molar-refractivity contribution is -0.118. The molecule has 0 atom stereocenters. The molecule has 1 aromatic carbocycles. The van der Waals surface area contributed by atoms with Crippen LogP contribution in [0.1, 0.15) is 31.7 Å². The molecular weight excluding hydrogens is 346 g/mol. The molecular formula is C16H19N3OS3. The summed E-state index contributed by atoms with van der Waals surface area (Å²) in [5.74, 6) is 1.02. The quantitative estimate of drug-likeness (QED) is 0.535. The number of aromatic nitrogens is 2. The molecule has 7 heteroatoms. The van der Waals surface area contributed by atoms with Gasteiger partial charge in [-0.2, -0.15) is 0 Å². The van der Waals surface area contributed by atoms with Gasteiger partial charge in [0.1, 0.15) is 0 Å². The molecule has 23 heavy (non-hydrogen) atoms. The van der Waals surface area contributed by atoms with Gasteiger partial charge in [-0.05, 0) is 36.8 Å². The van der Waals surface area contributed by atoms with Crippen molar-refractivity contribution < 1.29 is 4.79 Å². The van der Waals surface area contributed by atoms with Gasteiger partial charge in [0, 0.05) is 23.1 Å². The van der Waals surface area contributed by atoms with Gasteiger partial charge in [0.2, 0.25) is 11.0 Å². The Kier molecular flexibility index (Phi) is 5.61. The molecule has 1 heterocycles. The molecule has 0 unspecified atom stereocenters. The summed E-state index contributed by atoms with van der Waals surface area (Å²) >= 11 is 4.95. The summed E-state index contributed by atoms with van der Waals surface area (Å²) in [5.41, 5.74) is 1.27. The molecule has 0 N–H and O–H groups in total. The van der Waals surface area contributed by atoms with Crippen LogP contribution in [-0.4, -0.2) is 28.4 Å². The number of thioether (sulfide) groups is 2. The molecule has 1 fully saturated rings. The molecule has 0 radical (unpaired) electrons. The van der Waals surface area contributed by atoms with Crippen LogP contribution >= 0.6 is 34.9 Å². The Morgan fingerprint density at radius 1 is 1.30 bits per heavy atom. The number of amides is 1. The molecule has 0 saturated heterocycles. The Bertz CT molecular complexity index is 667. The van der Waals surface area contributed by atoms with Crippen molar-refractivity contribution in [2.75, 3.05) is 11.2 Å². The van der Waals surface area contributed by atoms with Gasteiger partial charge in [0.05, 0.1) is 0 Å². The second-order valence-electron chi connectivity index (χ2n) is 5.34. The monoisotopic (exact) mass is 365 g/mol. The van der Waals surface area contributed by atoms with Crippen LogP contribution in [0.15, 0.2) is 33.5 Å². The van der Waals surface area contributed by atoms with Crippen LogP contribution in [0.3, 0.4) is 0 Å². The number of rotatable bonds is 7. The van der Waals surface area contributed by atoms with E-state index in [9.17, 15) is 4.79 Å². The molecule has 1 aliphatic carbocycles. The summed E-state index contributed by atoms with van der Waals surface area (Å²) in [4.78, 5) is 15.2. The minimum absolute atomic E-state index is 0.146. The van der Waals surface area contributed by atoms with Crippen molar-refractivity contribution in [2.24, 2.45) is 0 Å². The summed E-state index contributed by atoms with van der Waals surface area (Å²) in [5, 5.41) is 9.23. The first-order chi connectivity index (χ1) is 11.2. The van der Waals surface area contributed by atoms with Gasteiger partial charge >= 0.3 is 0 Å². The van der Waals surface area contributed by atoms with E-state index in [0.29, 0.717) is 12.5 Å². The van der Waals surface area contributed by atoms with Crippen molar-refractivity contribution in [1.29, 1.82) is 0 Å². The highest BCUT2D eigenvalue weighted by Crippen LogP contribution is 2.36. The predicted molar refractivity (Wildman–Crippen MR) is 98.5 cm³/mol. The number of carbonyl (C=O) groups excluding carboxylic acids is 1. The Hall–Kier alpha value is -1.05. The Morgan fingerprint density at radius 2 is 2.04 bits per heavy atom. The zero-order valence-corrected chi connectivity index (χ0v) is 15.6. The van der Waals surface area contributed by atoms with Gasteiger partial charge in [-0.15, -0.1) is 22.0 Å². The van der Waals surface area contributed by atoms with E-state index in [-0.39, 0.29) is 5.91 Å². The largest absolute Gasteiger partial charge is 0.284 e. The molecule has 1 aromatic heterocycles. The normalized spacial score (nSPS) is 14.0. The van der Waals surface area contributed by atoms with Crippen molar-refractivity contribution in [3.8, 4) is 0 Å². The number of hydrogen-bond donors (Lipinski definition) is 0. The minimum atomic E-state index is 0.146. The Balaban J connectivity index is 1.63. The van der Waals surface area contributed by atoms with Crippen LogP contribution in [-0.2, 0) is 10.5 Å². The third kappa shape index (κ3) is 4.28. The van der Waals surface area contributed by atoms with Crippen molar-refractivity contribution in [2.45, 2.75) is 47.2 Å². The predicted octanol–water partition coefficient (Wildman–Crippen LogP) is 4.46. The van der Waals surface area contributed by atoms with Gasteiger partial charge in [-0.1, -0.05) is 42.2 Å². The molecule has 0 aliphatic heterocycles. The summed E-state index contributed by atoms with van der Waals surface area (Å²) in [6.45, 7) is 1.90. The summed E-state index contributed by atoms with van der Waals surface area (Å²) < 4.78 is 0.920. The van der Waals surface area contributed by atoms with E-state index in [1.807, 2.05) is 11.8 Å². The van der Waals surface area contributed by atoms with Gasteiger partial charge < -0.3 is 0 Å². The first kappa shape index (κ1) is 16.8. The van der Waals surface area contributed by atoms with Gasteiger partial charge in [0.15, 0.2) is 4.34 Å². The lowest BCUT2D eigenvalue weighted by Gasteiger charge is -2.17. The fourth-order valence-corrected chi connectivity index (χ4v) is 4.49. The van der Waals surface area contributed by atoms with Crippen LogP contribution in [0, 0.1) is 0 Å². The van der Waals surface area contributed by atoms with Crippen LogP contribution in [0.5, 0.6) is 0 Å². The first-order valence-corrected chi connectivity index (χ1v) is 10.6. The third-order valence-corrected chi connectivity index (χ3v) is 6.48. The molecule has 0 bridgehead atoms. The van der Waals surface area contributed by atoms with Crippen molar-refractivity contribution in [3.05, 3.63) is 29.8 Å². The van der Waals surface area contributed by atoms with E-state index in [4.69, 9.17) is 0 Å². The van der Waals surface area contributed by atoms with Gasteiger partial charge in [-0.25, -0.2) is 0 Å². The standard InChI is InChI=1S/C16H19N3OS3/c1-3-14(20)19(12-6-7-12)15-17-18-16(23-15)22-10-11-4-8-13(21-2)9-5-11/h4-5,8-9,12H,3,6-7,10H2,1-2H3. The van der Waals surface area contributed by atoms with Crippen molar-refractivity contribution in [1.82, 2.24) is 10.2 Å². The maximum Gasteiger partial charge on any atom is 0.228 e. The molecule has 2 aromatic rings. The molecule has 1 saturated carbocycles. The van der Waals surface area contributed by atoms with E-state index in [1.165, 1.54) is 21.8 Å². The maximum atomic E-state index is 12.1. The number of carbonyl (C=O) groups is 1. The highest BCUT2D eigenvalue weighted by atomic mass is 32.2. The van der Waals surface area contributed by atoms with E-state index in [2.05, 4.69) is 40.7 Å². The smallest absolute Gasteiger partial charge is 0.228 e. The zero-order chi connectivity index (χ0) is 16.2. The lowest BCUT2D eigenvalue weighted by atomic mass is 10.2. The topological polar surface area (TPSA) is 46.1 Å². The number of benzene rings is 1. The second-order valence-corrected chi connectivity index (χ2v) is 8.39. The van der Waals surface area contributed by atoms with Crippen LogP contribution in [0.4, 0.5) is 5.13 Å². The van der Waals surface area contributed by atoms with Gasteiger partial charge in [-0.3, -0.25) is 9.69 Å². The van der Waals surface area contributed by atoms with E-state index in [1.54, 1.807) is 23.5 Å². The number of hydrogen-bond acceptors (Lipinski definition) is 6. The SMILES string of the molecule is CCC(=O)N(c1nnc(SCc2ccc(SC)cc2)s1)C1CC1. The summed E-state index contributed by atoms with van der Waals surface area (Å²) in [6, 6.07) is 8.92. The number of anilines is 1. The lowest BCUT2D eigenvalue weighted by Crippen LogP contribution is -2.32. The fourth-order valence-electron chi connectivity index (χ4n) is 2.19. The summed E-state index contributed by atoms with van der Waals surface area (Å²) in [7, 11) is 0. The molecule has 4 nitrogen and oxygen atoms in total. The Labute approximate surface area is 149 Å². The minimum Gasteiger partial charge on any atom is -0.284 e. The maximum absolute atomic E-state index is 12.1. The van der Waals surface area contributed by atoms with Gasteiger partial charge in [0.25, 0.3) is 0 Å². The molecule has 1 aliphatic rings. The highest BCUT2D eigenvalue weighted by molar-refractivity contribution is 8.00. The van der Waals surface area contributed by atoms with Crippen LogP contribution in [0.2, 0.25) is 0 Å². The van der Waals surface area contributed by atoms with E-state index >= 15 is 0 Å². The Morgan fingerprint density at radius 3 is 2.65 bits per heavy atom. The second kappa shape index (κ2) is 7.68. The van der Waals surface area contributed by atoms with Crippen LogP contribution < -0.4 is 4.90 Å². The van der Waals surface area contributed by atoms with E-state index < -0.39 is 0 Å². The van der Waals surface area contributed by atoms with E-state index in [0.717, 1.165) is 28.1 Å². The average Bonchev–Trinajstić information content (AvgIpc) is 3.31. The summed E-state index contributed by atoms with van der Waals surface area (Å²) in [6.07, 6.45) is 4.75. The molecule has 3 rings (SSSR count). The molecule has 122 valence electrons.